The number of methoxy groups -OCH3 is 1. The van der Waals surface area contributed by atoms with Crippen molar-refractivity contribution in [1.82, 2.24) is 9.62 Å². The predicted molar refractivity (Wildman–Crippen MR) is 144 cm³/mol. The van der Waals surface area contributed by atoms with Crippen LogP contribution < -0.4 is 19.7 Å². The molecule has 4 rings (SSSR count). The first-order valence-electron chi connectivity index (χ1n) is 12.3. The lowest BCUT2D eigenvalue weighted by Gasteiger charge is -2.35. The molecule has 1 aliphatic heterocycles. The van der Waals surface area contributed by atoms with Gasteiger partial charge in [-0.1, -0.05) is 49.4 Å². The number of fused-ring (bicyclic) bond motifs is 1. The first-order chi connectivity index (χ1) is 18.2. The number of carbonyl (C=O) groups is 2. The van der Waals surface area contributed by atoms with Gasteiger partial charge in [-0.2, -0.15) is 4.31 Å². The van der Waals surface area contributed by atoms with Gasteiger partial charge in [0.05, 0.1) is 30.8 Å². The number of aryl methyl sites for hydroxylation is 1. The summed E-state index contributed by atoms with van der Waals surface area (Å²) in [5, 5.41) is 2.85. The van der Waals surface area contributed by atoms with Crippen LogP contribution in [-0.4, -0.2) is 57.4 Å². The summed E-state index contributed by atoms with van der Waals surface area (Å²) in [4.78, 5) is 28.0. The van der Waals surface area contributed by atoms with Crippen molar-refractivity contribution in [3.05, 3.63) is 83.9 Å². The second-order valence-corrected chi connectivity index (χ2v) is 10.8. The molecule has 3 aromatic carbocycles. The third-order valence-corrected chi connectivity index (χ3v) is 8.26. The molecular formula is C28H31N3O6S. The van der Waals surface area contributed by atoms with E-state index in [1.807, 2.05) is 30.3 Å². The summed E-state index contributed by atoms with van der Waals surface area (Å²) >= 11 is 0. The molecule has 3 aromatic rings. The second-order valence-electron chi connectivity index (χ2n) is 8.84. The number of hydrogen-bond acceptors (Lipinski definition) is 6. The molecule has 1 aliphatic rings. The average molecular weight is 538 g/mol. The van der Waals surface area contributed by atoms with E-state index in [0.717, 1.165) is 9.87 Å². The minimum absolute atomic E-state index is 0.0459. The minimum Gasteiger partial charge on any atom is -0.496 e. The number of nitrogens with zero attached hydrogens (tertiary/aromatic N) is 2. The van der Waals surface area contributed by atoms with Crippen LogP contribution in [-0.2, 0) is 26.2 Å². The summed E-state index contributed by atoms with van der Waals surface area (Å²) in [7, 11) is -2.44. The Balaban J connectivity index is 1.53. The molecule has 0 saturated heterocycles. The van der Waals surface area contributed by atoms with E-state index in [-0.39, 0.29) is 23.9 Å². The highest BCUT2D eigenvalue weighted by Gasteiger charge is 2.35. The predicted octanol–water partition coefficient (Wildman–Crippen LogP) is 3.12. The zero-order chi connectivity index (χ0) is 27.3. The van der Waals surface area contributed by atoms with E-state index in [1.165, 1.54) is 24.1 Å². The van der Waals surface area contributed by atoms with Gasteiger partial charge >= 0.3 is 0 Å². The van der Waals surface area contributed by atoms with Gasteiger partial charge in [-0.25, -0.2) is 8.42 Å². The zero-order valence-corrected chi connectivity index (χ0v) is 22.4. The molecule has 1 N–H and O–H groups in total. The van der Waals surface area contributed by atoms with Crippen LogP contribution in [0.3, 0.4) is 0 Å². The normalized spacial score (nSPS) is 14.9. The van der Waals surface area contributed by atoms with Crippen LogP contribution in [0.4, 0.5) is 5.69 Å². The second kappa shape index (κ2) is 11.7. The first kappa shape index (κ1) is 27.2. The average Bonchev–Trinajstić information content (AvgIpc) is 2.94. The van der Waals surface area contributed by atoms with Gasteiger partial charge in [0.1, 0.15) is 11.5 Å². The Morgan fingerprint density at radius 2 is 1.79 bits per heavy atom. The smallest absolute Gasteiger partial charge is 0.263 e. The number of ether oxygens (including phenoxy) is 2. The fraction of sp³-hybridized carbons (Fsp3) is 0.286. The maximum absolute atomic E-state index is 13.5. The molecule has 0 aromatic heterocycles. The van der Waals surface area contributed by atoms with Gasteiger partial charge in [0, 0.05) is 13.1 Å². The van der Waals surface area contributed by atoms with Gasteiger partial charge in [0.25, 0.3) is 5.91 Å². The summed E-state index contributed by atoms with van der Waals surface area (Å²) < 4.78 is 39.1. The van der Waals surface area contributed by atoms with Crippen molar-refractivity contribution in [2.75, 3.05) is 31.6 Å². The standard InChI is InChI=1S/C28H31N3O6S/c1-4-30(38(34,35)22-14-15-24(36-3)20(2)16-22)19-27(32)31-18-26(37-25-13-9-8-12-23(25)31)28(33)29-17-21-10-6-5-7-11-21/h5-16,26H,4,17-19H2,1-3H3,(H,29,33)/t26-/m0/s1. The molecule has 0 saturated carbocycles. The first-order valence-corrected chi connectivity index (χ1v) is 13.7. The number of sulfonamides is 1. The summed E-state index contributed by atoms with van der Waals surface area (Å²) in [6.45, 7) is 3.40. The van der Waals surface area contributed by atoms with E-state index in [4.69, 9.17) is 9.47 Å². The van der Waals surface area contributed by atoms with Crippen LogP contribution >= 0.6 is 0 Å². The molecule has 0 fully saturated rings. The van der Waals surface area contributed by atoms with E-state index in [0.29, 0.717) is 29.3 Å². The van der Waals surface area contributed by atoms with E-state index in [9.17, 15) is 18.0 Å². The lowest BCUT2D eigenvalue weighted by molar-refractivity contribution is -0.128. The van der Waals surface area contributed by atoms with Crippen molar-refractivity contribution < 1.29 is 27.5 Å². The van der Waals surface area contributed by atoms with Crippen LogP contribution in [0, 0.1) is 6.92 Å². The highest BCUT2D eigenvalue weighted by atomic mass is 32.2. The monoisotopic (exact) mass is 537 g/mol. The van der Waals surface area contributed by atoms with Crippen molar-refractivity contribution in [2.45, 2.75) is 31.4 Å². The SMILES string of the molecule is CCN(CC(=O)N1C[C@@H](C(=O)NCc2ccccc2)Oc2ccccc21)S(=O)(=O)c1ccc(OC)c(C)c1. The third-order valence-electron chi connectivity index (χ3n) is 6.35. The molecule has 0 unspecified atom stereocenters. The lowest BCUT2D eigenvalue weighted by Crippen LogP contribution is -2.53. The van der Waals surface area contributed by atoms with E-state index in [2.05, 4.69) is 5.32 Å². The fourth-order valence-corrected chi connectivity index (χ4v) is 5.75. The molecule has 10 heteroatoms. The summed E-state index contributed by atoms with van der Waals surface area (Å²) in [6.07, 6.45) is -0.950. The molecule has 0 radical (unpaired) electrons. The molecule has 2 amide bonds. The summed E-state index contributed by atoms with van der Waals surface area (Å²) in [5.41, 5.74) is 2.09. The molecule has 200 valence electrons. The molecule has 0 bridgehead atoms. The van der Waals surface area contributed by atoms with Gasteiger partial charge < -0.3 is 19.7 Å². The number of benzene rings is 3. The highest BCUT2D eigenvalue weighted by molar-refractivity contribution is 7.89. The molecule has 9 nitrogen and oxygen atoms in total. The van der Waals surface area contributed by atoms with Crippen molar-refractivity contribution in [2.24, 2.45) is 0 Å². The number of rotatable bonds is 9. The zero-order valence-electron chi connectivity index (χ0n) is 21.6. The number of amides is 2. The fourth-order valence-electron chi connectivity index (χ4n) is 4.27. The number of anilines is 1. The van der Waals surface area contributed by atoms with Crippen LogP contribution in [0.2, 0.25) is 0 Å². The largest absolute Gasteiger partial charge is 0.496 e. The Kier molecular flexibility index (Phi) is 8.33. The van der Waals surface area contributed by atoms with Gasteiger partial charge in [0.15, 0.2) is 6.10 Å². The molecule has 0 aliphatic carbocycles. The number of carbonyl (C=O) groups excluding carboxylic acids is 2. The van der Waals surface area contributed by atoms with E-state index in [1.54, 1.807) is 44.2 Å². The van der Waals surface area contributed by atoms with Crippen LogP contribution in [0.1, 0.15) is 18.1 Å². The molecule has 0 spiro atoms. The number of hydrogen-bond donors (Lipinski definition) is 1. The summed E-state index contributed by atoms with van der Waals surface area (Å²) in [5.74, 6) is 0.125. The van der Waals surface area contributed by atoms with Crippen LogP contribution in [0.5, 0.6) is 11.5 Å². The highest BCUT2D eigenvalue weighted by Crippen LogP contribution is 2.33. The maximum Gasteiger partial charge on any atom is 0.263 e. The van der Waals surface area contributed by atoms with Gasteiger partial charge in [-0.15, -0.1) is 0 Å². The van der Waals surface area contributed by atoms with Gasteiger partial charge in [-0.3, -0.25) is 9.59 Å². The Morgan fingerprint density at radius 3 is 2.47 bits per heavy atom. The van der Waals surface area contributed by atoms with E-state index < -0.39 is 28.6 Å². The lowest BCUT2D eigenvalue weighted by atomic mass is 10.1. The Morgan fingerprint density at radius 1 is 1.08 bits per heavy atom. The third kappa shape index (κ3) is 5.81. The quantitative estimate of drug-likeness (QED) is 0.450. The van der Waals surface area contributed by atoms with Crippen LogP contribution in [0.15, 0.2) is 77.7 Å². The van der Waals surface area contributed by atoms with Crippen molar-refractivity contribution in [3.8, 4) is 11.5 Å². The maximum atomic E-state index is 13.5. The Hall–Kier alpha value is -3.89. The molecule has 1 heterocycles. The molecule has 38 heavy (non-hydrogen) atoms. The Bertz CT molecular complexity index is 1410. The van der Waals surface area contributed by atoms with Crippen LogP contribution in [0.25, 0.3) is 0 Å². The topological polar surface area (TPSA) is 105 Å². The van der Waals surface area contributed by atoms with Gasteiger partial charge in [-0.05, 0) is 48.4 Å². The minimum atomic E-state index is -3.96. The Labute approximate surface area is 223 Å². The number of likely N-dealkylation sites (N-methyl/N-ethyl adjacent to an activating group) is 1. The molecular weight excluding hydrogens is 506 g/mol. The van der Waals surface area contributed by atoms with Crippen molar-refractivity contribution >= 4 is 27.5 Å². The van der Waals surface area contributed by atoms with Gasteiger partial charge in [0.2, 0.25) is 15.9 Å². The molecule has 1 atom stereocenters. The van der Waals surface area contributed by atoms with Crippen molar-refractivity contribution in [3.63, 3.8) is 0 Å². The van der Waals surface area contributed by atoms with Crippen molar-refractivity contribution in [1.29, 1.82) is 0 Å². The number of nitrogens with one attached hydrogen (secondary N) is 1. The van der Waals surface area contributed by atoms with E-state index >= 15 is 0 Å². The number of para-hydroxylation sites is 2. The summed E-state index contributed by atoms with van der Waals surface area (Å²) in [6, 6.07) is 20.9.